The molecule has 2 heterocycles. The molecule has 3 atom stereocenters. The van der Waals surface area contributed by atoms with Crippen LogP contribution in [0.3, 0.4) is 0 Å². The minimum Gasteiger partial charge on any atom is -0.368 e. The Bertz CT molecular complexity index is 493. The summed E-state index contributed by atoms with van der Waals surface area (Å²) in [5.41, 5.74) is 8.28. The molecule has 0 unspecified atom stereocenters. The fourth-order valence-corrected chi connectivity index (χ4v) is 4.83. The van der Waals surface area contributed by atoms with Crippen molar-refractivity contribution in [1.29, 1.82) is 0 Å². The van der Waals surface area contributed by atoms with Crippen molar-refractivity contribution in [2.45, 2.75) is 38.6 Å². The van der Waals surface area contributed by atoms with Gasteiger partial charge in [0.1, 0.15) is 0 Å². The summed E-state index contributed by atoms with van der Waals surface area (Å²) >= 11 is 1.98. The number of likely N-dealkylation sites (tertiary alicyclic amines) is 1. The van der Waals surface area contributed by atoms with Gasteiger partial charge < -0.3 is 5.73 Å². The first-order valence-electron chi connectivity index (χ1n) is 8.04. The highest BCUT2D eigenvalue weighted by Gasteiger charge is 2.39. The first-order chi connectivity index (χ1) is 10.2. The number of nitrogens with two attached hydrogens (primary N) is 1. The molecular weight excluding hydrogens is 280 g/mol. The Morgan fingerprint density at radius 2 is 2.29 bits per heavy atom. The van der Waals surface area contributed by atoms with Crippen molar-refractivity contribution in [3.05, 3.63) is 17.5 Å². The zero-order chi connectivity index (χ0) is 14.8. The van der Waals surface area contributed by atoms with Crippen LogP contribution >= 0.6 is 11.8 Å². The molecule has 1 aliphatic heterocycles. The number of hydrogen-bond donors (Lipinski definition) is 1. The largest absolute Gasteiger partial charge is 0.368 e. The van der Waals surface area contributed by atoms with Crippen molar-refractivity contribution in [1.82, 2.24) is 14.9 Å². The summed E-state index contributed by atoms with van der Waals surface area (Å²) in [7, 11) is 0. The van der Waals surface area contributed by atoms with Crippen molar-refractivity contribution < 1.29 is 0 Å². The number of aromatic nitrogens is 2. The minimum absolute atomic E-state index is 0.425. The first kappa shape index (κ1) is 15.1. The van der Waals surface area contributed by atoms with Crippen LogP contribution in [-0.4, -0.2) is 46.0 Å². The third kappa shape index (κ3) is 3.19. The maximum Gasteiger partial charge on any atom is 0.220 e. The summed E-state index contributed by atoms with van der Waals surface area (Å²) in [6.45, 7) is 4.77. The van der Waals surface area contributed by atoms with E-state index in [1.54, 1.807) is 0 Å². The Hall–Kier alpha value is -0.810. The van der Waals surface area contributed by atoms with E-state index in [0.29, 0.717) is 12.0 Å². The second-order valence-electron chi connectivity index (χ2n) is 6.49. The van der Waals surface area contributed by atoms with Gasteiger partial charge in [0, 0.05) is 24.5 Å². The molecule has 0 aromatic carbocycles. The monoisotopic (exact) mass is 306 g/mol. The number of piperidine rings is 1. The maximum absolute atomic E-state index is 5.76. The third-order valence-corrected chi connectivity index (χ3v) is 5.72. The summed E-state index contributed by atoms with van der Waals surface area (Å²) in [6, 6.07) is 0.683. The number of anilines is 1. The van der Waals surface area contributed by atoms with Gasteiger partial charge in [-0.1, -0.05) is 6.92 Å². The van der Waals surface area contributed by atoms with Crippen LogP contribution in [-0.2, 0) is 12.8 Å². The summed E-state index contributed by atoms with van der Waals surface area (Å²) in [5, 5.41) is 0. The standard InChI is InChI=1S/C16H26N4S/c1-3-4-20-9-11(10-21-2)5-12-6-14-13(7-15(12)20)8-18-16(17)19-14/h8,11-12,15H,3-7,9-10H2,1-2H3,(H2,17,18,19)/t11-,12+,15+/m1/s1. The summed E-state index contributed by atoms with van der Waals surface area (Å²) in [6.07, 6.45) is 8.94. The van der Waals surface area contributed by atoms with Crippen LogP contribution in [0.5, 0.6) is 0 Å². The van der Waals surface area contributed by atoms with Gasteiger partial charge in [-0.2, -0.15) is 11.8 Å². The summed E-state index contributed by atoms with van der Waals surface area (Å²) in [4.78, 5) is 11.4. The molecule has 0 bridgehead atoms. The molecule has 4 nitrogen and oxygen atoms in total. The van der Waals surface area contributed by atoms with Crippen LogP contribution in [0.2, 0.25) is 0 Å². The molecule has 5 heteroatoms. The quantitative estimate of drug-likeness (QED) is 0.924. The van der Waals surface area contributed by atoms with Crippen LogP contribution in [0.25, 0.3) is 0 Å². The fourth-order valence-electron chi connectivity index (χ4n) is 4.12. The molecule has 1 aromatic heterocycles. The van der Waals surface area contributed by atoms with Crippen molar-refractivity contribution in [2.24, 2.45) is 11.8 Å². The van der Waals surface area contributed by atoms with E-state index in [1.165, 1.54) is 42.9 Å². The number of hydrogen-bond acceptors (Lipinski definition) is 5. The highest BCUT2D eigenvalue weighted by atomic mass is 32.2. The van der Waals surface area contributed by atoms with Gasteiger partial charge in [0.05, 0.1) is 0 Å². The molecule has 21 heavy (non-hydrogen) atoms. The van der Waals surface area contributed by atoms with Gasteiger partial charge >= 0.3 is 0 Å². The van der Waals surface area contributed by atoms with Crippen LogP contribution in [0, 0.1) is 11.8 Å². The Morgan fingerprint density at radius 3 is 3.05 bits per heavy atom. The van der Waals surface area contributed by atoms with Crippen molar-refractivity contribution in [3.8, 4) is 0 Å². The number of nitrogen functional groups attached to an aromatic ring is 1. The van der Waals surface area contributed by atoms with E-state index >= 15 is 0 Å². The lowest BCUT2D eigenvalue weighted by atomic mass is 9.74. The predicted octanol–water partition coefficient (Wildman–Crippen LogP) is 2.24. The smallest absolute Gasteiger partial charge is 0.220 e. The SMILES string of the molecule is CCCN1C[C@H](CSC)C[C@H]2Cc3nc(N)ncc3C[C@@H]21. The van der Waals surface area contributed by atoms with Gasteiger partial charge in [-0.25, -0.2) is 9.97 Å². The van der Waals surface area contributed by atoms with E-state index in [-0.39, 0.29) is 0 Å². The number of thioether (sulfide) groups is 1. The van der Waals surface area contributed by atoms with E-state index in [9.17, 15) is 0 Å². The lowest BCUT2D eigenvalue weighted by molar-refractivity contribution is 0.0554. The van der Waals surface area contributed by atoms with E-state index in [0.717, 1.165) is 24.7 Å². The highest BCUT2D eigenvalue weighted by molar-refractivity contribution is 7.98. The molecule has 0 saturated carbocycles. The molecule has 3 rings (SSSR count). The Morgan fingerprint density at radius 1 is 1.43 bits per heavy atom. The molecule has 0 radical (unpaired) electrons. The summed E-state index contributed by atoms with van der Waals surface area (Å²) < 4.78 is 0. The molecule has 1 saturated heterocycles. The number of fused-ring (bicyclic) bond motifs is 2. The van der Waals surface area contributed by atoms with Crippen LogP contribution < -0.4 is 5.73 Å². The van der Waals surface area contributed by atoms with Gasteiger partial charge in [-0.05, 0) is 61.6 Å². The molecule has 2 aliphatic rings. The molecule has 116 valence electrons. The maximum atomic E-state index is 5.76. The second kappa shape index (κ2) is 6.53. The van der Waals surface area contributed by atoms with Gasteiger partial charge in [0.2, 0.25) is 5.95 Å². The van der Waals surface area contributed by atoms with Crippen molar-refractivity contribution in [2.75, 3.05) is 30.8 Å². The molecule has 1 fully saturated rings. The van der Waals surface area contributed by atoms with E-state index < -0.39 is 0 Å². The zero-order valence-corrected chi connectivity index (χ0v) is 13.9. The van der Waals surface area contributed by atoms with Crippen LogP contribution in [0.1, 0.15) is 31.0 Å². The summed E-state index contributed by atoms with van der Waals surface area (Å²) in [5.74, 6) is 3.27. The normalized spacial score (nSPS) is 29.0. The molecular formula is C16H26N4S. The molecule has 1 aliphatic carbocycles. The Balaban J connectivity index is 1.82. The fraction of sp³-hybridized carbons (Fsp3) is 0.750. The molecule has 0 spiro atoms. The van der Waals surface area contributed by atoms with Crippen LogP contribution in [0.15, 0.2) is 6.20 Å². The predicted molar refractivity (Wildman–Crippen MR) is 89.5 cm³/mol. The number of rotatable bonds is 4. The molecule has 1 aromatic rings. The van der Waals surface area contributed by atoms with E-state index in [2.05, 4.69) is 28.0 Å². The van der Waals surface area contributed by atoms with Gasteiger partial charge in [-0.3, -0.25) is 4.90 Å². The van der Waals surface area contributed by atoms with Crippen molar-refractivity contribution >= 4 is 17.7 Å². The lowest BCUT2D eigenvalue weighted by Crippen LogP contribution is -2.52. The first-order valence-corrected chi connectivity index (χ1v) is 9.43. The topological polar surface area (TPSA) is 55.0 Å². The van der Waals surface area contributed by atoms with Crippen molar-refractivity contribution in [3.63, 3.8) is 0 Å². The van der Waals surface area contributed by atoms with E-state index in [4.69, 9.17) is 5.73 Å². The van der Waals surface area contributed by atoms with Gasteiger partial charge in [-0.15, -0.1) is 0 Å². The molecule has 0 amide bonds. The zero-order valence-electron chi connectivity index (χ0n) is 13.1. The van der Waals surface area contributed by atoms with Gasteiger partial charge in [0.15, 0.2) is 0 Å². The molecule has 2 N–H and O–H groups in total. The third-order valence-electron chi connectivity index (χ3n) is 4.91. The minimum atomic E-state index is 0.425. The average molecular weight is 306 g/mol. The Labute approximate surface area is 131 Å². The Kier molecular flexibility index (Phi) is 4.69. The second-order valence-corrected chi connectivity index (χ2v) is 7.40. The van der Waals surface area contributed by atoms with Crippen LogP contribution in [0.4, 0.5) is 5.95 Å². The van der Waals surface area contributed by atoms with Gasteiger partial charge in [0.25, 0.3) is 0 Å². The number of nitrogens with zero attached hydrogens (tertiary/aromatic N) is 3. The van der Waals surface area contributed by atoms with E-state index in [1.807, 2.05) is 18.0 Å². The highest BCUT2D eigenvalue weighted by Crippen LogP contribution is 2.37. The average Bonchev–Trinajstić information content (AvgIpc) is 2.46. The lowest BCUT2D eigenvalue weighted by Gasteiger charge is -2.47.